The quantitative estimate of drug-likeness (QED) is 0.691. The highest BCUT2D eigenvalue weighted by atomic mass is 16.4. The number of carboxylic acids is 1. The number of hydrogen-bond donors (Lipinski definition) is 3. The number of aromatic nitrogens is 1. The molecule has 0 spiro atoms. The number of rotatable bonds is 5. The molecule has 1 fully saturated rings. The van der Waals surface area contributed by atoms with Crippen molar-refractivity contribution in [3.63, 3.8) is 0 Å². The van der Waals surface area contributed by atoms with Crippen LogP contribution >= 0.6 is 0 Å². The van der Waals surface area contributed by atoms with Crippen LogP contribution in [0.1, 0.15) is 29.0 Å². The molecule has 6 nitrogen and oxygen atoms in total. The van der Waals surface area contributed by atoms with Gasteiger partial charge in [-0.3, -0.25) is 4.79 Å². The van der Waals surface area contributed by atoms with E-state index in [9.17, 15) is 9.59 Å². The average molecular weight is 249 g/mol. The van der Waals surface area contributed by atoms with Gasteiger partial charge in [0.25, 0.3) is 0 Å². The maximum absolute atomic E-state index is 11.0. The topological polar surface area (TPSA) is 91.3 Å². The third-order valence-electron chi connectivity index (χ3n) is 2.81. The zero-order valence-electron chi connectivity index (χ0n) is 9.85. The van der Waals surface area contributed by atoms with Crippen molar-refractivity contribution in [1.29, 1.82) is 0 Å². The minimum Gasteiger partial charge on any atom is -0.477 e. The van der Waals surface area contributed by atoms with Crippen LogP contribution in [0.5, 0.6) is 0 Å². The van der Waals surface area contributed by atoms with E-state index in [0.29, 0.717) is 25.2 Å². The number of pyridine rings is 1. The van der Waals surface area contributed by atoms with Crippen molar-refractivity contribution in [2.45, 2.75) is 25.4 Å². The molecule has 6 heteroatoms. The number of nitrogens with one attached hydrogen (secondary N) is 2. The molecule has 1 aliphatic heterocycles. The Kier molecular flexibility index (Phi) is 3.88. The van der Waals surface area contributed by atoms with Gasteiger partial charge in [0.1, 0.15) is 5.69 Å². The van der Waals surface area contributed by atoms with E-state index in [0.717, 1.165) is 6.42 Å². The van der Waals surface area contributed by atoms with Gasteiger partial charge in [-0.2, -0.15) is 0 Å². The number of carbonyl (C=O) groups excluding carboxylic acids is 1. The molecule has 0 aliphatic carbocycles. The highest BCUT2D eigenvalue weighted by Gasteiger charge is 2.19. The van der Waals surface area contributed by atoms with E-state index in [2.05, 4.69) is 15.6 Å². The van der Waals surface area contributed by atoms with Crippen molar-refractivity contribution >= 4 is 11.9 Å². The van der Waals surface area contributed by atoms with Crippen LogP contribution in [0, 0.1) is 0 Å². The van der Waals surface area contributed by atoms with E-state index in [1.807, 2.05) is 0 Å². The van der Waals surface area contributed by atoms with Gasteiger partial charge in [-0.15, -0.1) is 0 Å². The lowest BCUT2D eigenvalue weighted by Gasteiger charge is -2.10. The van der Waals surface area contributed by atoms with Crippen molar-refractivity contribution < 1.29 is 14.7 Å². The Morgan fingerprint density at radius 2 is 2.39 bits per heavy atom. The molecule has 1 unspecified atom stereocenters. The minimum atomic E-state index is -1.03. The molecule has 0 bridgehead atoms. The first-order chi connectivity index (χ1) is 8.65. The van der Waals surface area contributed by atoms with Crippen molar-refractivity contribution in [3.8, 4) is 0 Å². The number of nitrogens with zero attached hydrogens (tertiary/aromatic N) is 1. The Hall–Kier alpha value is -1.95. The summed E-state index contributed by atoms with van der Waals surface area (Å²) < 4.78 is 0. The third kappa shape index (κ3) is 3.27. The molecule has 1 amide bonds. The highest BCUT2D eigenvalue weighted by Crippen LogP contribution is 2.05. The second-order valence-corrected chi connectivity index (χ2v) is 4.25. The Balaban J connectivity index is 1.81. The molecule has 0 saturated carbocycles. The van der Waals surface area contributed by atoms with Crippen LogP contribution in [-0.2, 0) is 11.3 Å². The third-order valence-corrected chi connectivity index (χ3v) is 2.81. The number of carboxylic acid groups (broad SMARTS) is 1. The van der Waals surface area contributed by atoms with Crippen LogP contribution in [0.2, 0.25) is 0 Å². The van der Waals surface area contributed by atoms with Crippen LogP contribution < -0.4 is 10.6 Å². The highest BCUT2D eigenvalue weighted by molar-refractivity contribution is 5.85. The summed E-state index contributed by atoms with van der Waals surface area (Å²) in [5.41, 5.74) is 0.725. The molecular weight excluding hydrogens is 234 g/mol. The standard InChI is InChI=1S/C12H15N3O3/c16-11-5-4-9(15-11)7-13-6-8-2-1-3-10(14-8)12(17)18/h1-3,9,13H,4-7H2,(H,15,16)(H,17,18). The molecule has 1 atom stereocenters. The van der Waals surface area contributed by atoms with Gasteiger partial charge < -0.3 is 15.7 Å². The number of aromatic carboxylic acids is 1. The maximum atomic E-state index is 11.0. The zero-order chi connectivity index (χ0) is 13.0. The van der Waals surface area contributed by atoms with Crippen LogP contribution in [0.3, 0.4) is 0 Å². The molecular formula is C12H15N3O3. The van der Waals surface area contributed by atoms with Crippen LogP contribution in [0.25, 0.3) is 0 Å². The van der Waals surface area contributed by atoms with Crippen molar-refractivity contribution in [1.82, 2.24) is 15.6 Å². The molecule has 1 aromatic heterocycles. The van der Waals surface area contributed by atoms with E-state index >= 15 is 0 Å². The smallest absolute Gasteiger partial charge is 0.354 e. The SMILES string of the molecule is O=C1CCC(CNCc2cccc(C(=O)O)n2)N1. The average Bonchev–Trinajstić information content (AvgIpc) is 2.75. The Labute approximate surface area is 104 Å². The van der Waals surface area contributed by atoms with Gasteiger partial charge in [0.15, 0.2) is 0 Å². The Bertz CT molecular complexity index is 462. The van der Waals surface area contributed by atoms with Crippen molar-refractivity contribution in [2.24, 2.45) is 0 Å². The summed E-state index contributed by atoms with van der Waals surface area (Å²) in [7, 11) is 0. The molecule has 2 rings (SSSR count). The lowest BCUT2D eigenvalue weighted by Crippen LogP contribution is -2.35. The van der Waals surface area contributed by atoms with Gasteiger partial charge in [0, 0.05) is 25.6 Å². The second-order valence-electron chi connectivity index (χ2n) is 4.25. The lowest BCUT2D eigenvalue weighted by atomic mass is 10.2. The van der Waals surface area contributed by atoms with E-state index in [1.165, 1.54) is 6.07 Å². The normalized spacial score (nSPS) is 18.7. The Morgan fingerprint density at radius 1 is 1.56 bits per heavy atom. The maximum Gasteiger partial charge on any atom is 0.354 e. The summed E-state index contributed by atoms with van der Waals surface area (Å²) >= 11 is 0. The van der Waals surface area contributed by atoms with Gasteiger partial charge in [-0.05, 0) is 18.6 Å². The fourth-order valence-corrected chi connectivity index (χ4v) is 1.90. The number of carbonyl (C=O) groups is 2. The first kappa shape index (κ1) is 12.5. The second kappa shape index (κ2) is 5.59. The summed E-state index contributed by atoms with van der Waals surface area (Å²) in [5.74, 6) is -0.937. The zero-order valence-corrected chi connectivity index (χ0v) is 9.85. The fourth-order valence-electron chi connectivity index (χ4n) is 1.90. The molecule has 2 heterocycles. The van der Waals surface area contributed by atoms with Crippen LogP contribution in [0.4, 0.5) is 0 Å². The van der Waals surface area contributed by atoms with Crippen LogP contribution in [-0.4, -0.2) is 34.6 Å². The van der Waals surface area contributed by atoms with Crippen molar-refractivity contribution in [3.05, 3.63) is 29.6 Å². The monoisotopic (exact) mass is 249 g/mol. The molecule has 18 heavy (non-hydrogen) atoms. The van der Waals surface area contributed by atoms with Gasteiger partial charge in [-0.1, -0.05) is 6.07 Å². The van der Waals surface area contributed by atoms with Crippen molar-refractivity contribution in [2.75, 3.05) is 6.54 Å². The lowest BCUT2D eigenvalue weighted by molar-refractivity contribution is -0.119. The van der Waals surface area contributed by atoms with E-state index < -0.39 is 5.97 Å². The van der Waals surface area contributed by atoms with Gasteiger partial charge >= 0.3 is 5.97 Å². The molecule has 0 radical (unpaired) electrons. The molecule has 3 N–H and O–H groups in total. The molecule has 0 aromatic carbocycles. The molecule has 96 valence electrons. The predicted molar refractivity (Wildman–Crippen MR) is 64.1 cm³/mol. The summed E-state index contributed by atoms with van der Waals surface area (Å²) in [6, 6.07) is 5.07. The van der Waals surface area contributed by atoms with Crippen LogP contribution in [0.15, 0.2) is 18.2 Å². The van der Waals surface area contributed by atoms with Gasteiger partial charge in [0.05, 0.1) is 5.69 Å². The van der Waals surface area contributed by atoms with E-state index in [4.69, 9.17) is 5.11 Å². The summed E-state index contributed by atoms with van der Waals surface area (Å²) in [4.78, 5) is 25.7. The summed E-state index contributed by atoms with van der Waals surface area (Å²) in [5, 5.41) is 14.8. The molecule has 1 saturated heterocycles. The number of hydrogen-bond acceptors (Lipinski definition) is 4. The van der Waals surface area contributed by atoms with E-state index in [-0.39, 0.29) is 17.6 Å². The predicted octanol–water partition coefficient (Wildman–Crippen LogP) is 0.148. The van der Waals surface area contributed by atoms with Gasteiger partial charge in [-0.25, -0.2) is 9.78 Å². The summed E-state index contributed by atoms with van der Waals surface area (Å²) in [6.07, 6.45) is 1.42. The van der Waals surface area contributed by atoms with Gasteiger partial charge in [0.2, 0.25) is 5.91 Å². The molecule has 1 aromatic rings. The largest absolute Gasteiger partial charge is 0.477 e. The molecule has 1 aliphatic rings. The summed E-state index contributed by atoms with van der Waals surface area (Å²) in [6.45, 7) is 1.16. The Morgan fingerprint density at radius 3 is 3.06 bits per heavy atom. The fraction of sp³-hybridized carbons (Fsp3) is 0.417. The first-order valence-electron chi connectivity index (χ1n) is 5.84. The minimum absolute atomic E-state index is 0.0449. The number of amides is 1. The van der Waals surface area contributed by atoms with E-state index in [1.54, 1.807) is 12.1 Å². The first-order valence-corrected chi connectivity index (χ1v) is 5.84.